The van der Waals surface area contributed by atoms with E-state index >= 15 is 0 Å². The van der Waals surface area contributed by atoms with Crippen LogP contribution in [0.4, 0.5) is 0 Å². The van der Waals surface area contributed by atoms with E-state index in [9.17, 15) is 4.79 Å². The van der Waals surface area contributed by atoms with E-state index in [1.54, 1.807) is 4.90 Å². The molecule has 1 aliphatic carbocycles. The molecule has 0 unspecified atom stereocenters. The molecule has 0 aliphatic heterocycles. The smallest absolute Gasteiger partial charge is 0.265 e. The molecule has 3 nitrogen and oxygen atoms in total. The molecule has 1 saturated carbocycles. The summed E-state index contributed by atoms with van der Waals surface area (Å²) in [6.07, 6.45) is 4.33. The minimum absolute atomic E-state index is 0.0279. The SMILES string of the molecule is N#CCN(C(=O)c1cc(Br)c(Br)s1)C1CCCC1. The summed E-state index contributed by atoms with van der Waals surface area (Å²) in [4.78, 5) is 14.8. The van der Waals surface area contributed by atoms with Crippen molar-refractivity contribution in [3.8, 4) is 6.07 Å². The molecule has 18 heavy (non-hydrogen) atoms. The average Bonchev–Trinajstić information content (AvgIpc) is 2.97. The molecule has 0 bridgehead atoms. The number of halogens is 2. The van der Waals surface area contributed by atoms with Crippen LogP contribution in [0.3, 0.4) is 0 Å². The Labute approximate surface area is 127 Å². The zero-order valence-electron chi connectivity index (χ0n) is 9.66. The van der Waals surface area contributed by atoms with E-state index in [0.29, 0.717) is 4.88 Å². The molecular formula is C12H12Br2N2OS. The molecule has 1 aliphatic rings. The molecule has 1 aromatic heterocycles. The lowest BCUT2D eigenvalue weighted by atomic mass is 10.2. The van der Waals surface area contributed by atoms with Crippen molar-refractivity contribution in [2.45, 2.75) is 31.7 Å². The minimum Gasteiger partial charge on any atom is -0.322 e. The van der Waals surface area contributed by atoms with Gasteiger partial charge in [0.25, 0.3) is 5.91 Å². The molecule has 1 amide bonds. The lowest BCUT2D eigenvalue weighted by molar-refractivity contribution is 0.0714. The van der Waals surface area contributed by atoms with Gasteiger partial charge in [0.1, 0.15) is 6.54 Å². The normalized spacial score (nSPS) is 15.6. The van der Waals surface area contributed by atoms with E-state index in [-0.39, 0.29) is 18.5 Å². The topological polar surface area (TPSA) is 44.1 Å². The maximum absolute atomic E-state index is 12.4. The highest BCUT2D eigenvalue weighted by atomic mass is 79.9. The van der Waals surface area contributed by atoms with Gasteiger partial charge in [-0.25, -0.2) is 0 Å². The fourth-order valence-corrected chi connectivity index (χ4v) is 4.24. The zero-order chi connectivity index (χ0) is 13.1. The second-order valence-corrected chi connectivity index (χ2v) is 7.49. The monoisotopic (exact) mass is 390 g/mol. The van der Waals surface area contributed by atoms with E-state index in [1.165, 1.54) is 11.3 Å². The Morgan fingerprint density at radius 1 is 1.50 bits per heavy atom. The summed E-state index contributed by atoms with van der Waals surface area (Å²) in [6.45, 7) is 0.177. The van der Waals surface area contributed by atoms with Crippen LogP contribution in [0.1, 0.15) is 35.4 Å². The molecule has 1 aromatic rings. The van der Waals surface area contributed by atoms with Gasteiger partial charge in [0.05, 0.1) is 14.7 Å². The van der Waals surface area contributed by atoms with Crippen LogP contribution >= 0.6 is 43.2 Å². The van der Waals surface area contributed by atoms with Crippen LogP contribution in [0.25, 0.3) is 0 Å². The summed E-state index contributed by atoms with van der Waals surface area (Å²) >= 11 is 8.18. The first-order valence-corrected chi connectivity index (χ1v) is 8.16. The van der Waals surface area contributed by atoms with Crippen molar-refractivity contribution < 1.29 is 4.79 Å². The zero-order valence-corrected chi connectivity index (χ0v) is 13.6. The van der Waals surface area contributed by atoms with Crippen LogP contribution in [-0.2, 0) is 0 Å². The van der Waals surface area contributed by atoms with E-state index in [1.807, 2.05) is 6.07 Å². The fraction of sp³-hybridized carbons (Fsp3) is 0.500. The Hall–Kier alpha value is -0.380. The first-order chi connectivity index (χ1) is 8.63. The molecule has 6 heteroatoms. The number of hydrogen-bond acceptors (Lipinski definition) is 3. The summed E-state index contributed by atoms with van der Waals surface area (Å²) in [6, 6.07) is 4.15. The van der Waals surface area contributed by atoms with E-state index < -0.39 is 0 Å². The lowest BCUT2D eigenvalue weighted by Crippen LogP contribution is -2.38. The number of amides is 1. The molecule has 96 valence electrons. The van der Waals surface area contributed by atoms with Crippen molar-refractivity contribution in [3.05, 3.63) is 19.2 Å². The van der Waals surface area contributed by atoms with Gasteiger partial charge < -0.3 is 4.90 Å². The Kier molecular flexibility index (Phi) is 4.82. The van der Waals surface area contributed by atoms with Crippen molar-refractivity contribution >= 4 is 49.1 Å². The lowest BCUT2D eigenvalue weighted by Gasteiger charge is -2.25. The number of carbonyl (C=O) groups excluding carboxylic acids is 1. The third kappa shape index (κ3) is 2.95. The number of rotatable bonds is 3. The van der Waals surface area contributed by atoms with Gasteiger partial charge in [-0.2, -0.15) is 5.26 Å². The standard InChI is InChI=1S/C12H12Br2N2OS/c13-9-7-10(18-11(9)14)12(17)16(6-5-15)8-3-1-2-4-8/h7-8H,1-4,6H2. The molecule has 1 heterocycles. The maximum Gasteiger partial charge on any atom is 0.265 e. The highest BCUT2D eigenvalue weighted by molar-refractivity contribution is 9.13. The number of thiophene rings is 1. The Morgan fingerprint density at radius 3 is 2.67 bits per heavy atom. The maximum atomic E-state index is 12.4. The van der Waals surface area contributed by atoms with Gasteiger partial charge >= 0.3 is 0 Å². The van der Waals surface area contributed by atoms with E-state index in [0.717, 1.165) is 33.9 Å². The minimum atomic E-state index is -0.0279. The highest BCUT2D eigenvalue weighted by Crippen LogP contribution is 2.34. The predicted octanol–water partition coefficient (Wildman–Crippen LogP) is 4.18. The summed E-state index contributed by atoms with van der Waals surface area (Å²) in [5, 5.41) is 8.89. The number of carbonyl (C=O) groups is 1. The van der Waals surface area contributed by atoms with Crippen molar-refractivity contribution in [3.63, 3.8) is 0 Å². The van der Waals surface area contributed by atoms with Crippen LogP contribution < -0.4 is 0 Å². The number of hydrogen-bond donors (Lipinski definition) is 0. The molecule has 0 spiro atoms. The Morgan fingerprint density at radius 2 is 2.17 bits per heavy atom. The third-order valence-corrected chi connectivity index (χ3v) is 6.37. The van der Waals surface area contributed by atoms with Gasteiger partial charge in [-0.1, -0.05) is 12.8 Å². The second kappa shape index (κ2) is 6.18. The highest BCUT2D eigenvalue weighted by Gasteiger charge is 2.28. The summed E-state index contributed by atoms with van der Waals surface area (Å²) in [7, 11) is 0. The molecule has 2 rings (SSSR count). The van der Waals surface area contributed by atoms with E-state index in [2.05, 4.69) is 37.9 Å². The van der Waals surface area contributed by atoms with Crippen molar-refractivity contribution in [2.75, 3.05) is 6.54 Å². The number of nitriles is 1. The summed E-state index contributed by atoms with van der Waals surface area (Å²) in [5.74, 6) is -0.0279. The van der Waals surface area contributed by atoms with Crippen LogP contribution in [-0.4, -0.2) is 23.4 Å². The first kappa shape index (κ1) is 14.0. The van der Waals surface area contributed by atoms with Crippen LogP contribution in [0, 0.1) is 11.3 Å². The van der Waals surface area contributed by atoms with Crippen molar-refractivity contribution in [2.24, 2.45) is 0 Å². The quantitative estimate of drug-likeness (QED) is 0.725. The number of nitrogens with zero attached hydrogens (tertiary/aromatic N) is 2. The molecule has 0 saturated heterocycles. The molecule has 0 atom stereocenters. The Balaban J connectivity index is 2.20. The first-order valence-electron chi connectivity index (χ1n) is 5.76. The average molecular weight is 392 g/mol. The molecular weight excluding hydrogens is 380 g/mol. The van der Waals surface area contributed by atoms with Crippen LogP contribution in [0.2, 0.25) is 0 Å². The summed E-state index contributed by atoms with van der Waals surface area (Å²) in [5.41, 5.74) is 0. The van der Waals surface area contributed by atoms with Crippen molar-refractivity contribution in [1.29, 1.82) is 5.26 Å². The van der Waals surface area contributed by atoms with Crippen molar-refractivity contribution in [1.82, 2.24) is 4.90 Å². The van der Waals surface area contributed by atoms with Crippen LogP contribution in [0.5, 0.6) is 0 Å². The van der Waals surface area contributed by atoms with Gasteiger partial charge in [-0.05, 0) is 50.8 Å². The van der Waals surface area contributed by atoms with Crippen LogP contribution in [0.15, 0.2) is 14.3 Å². The van der Waals surface area contributed by atoms with Gasteiger partial charge in [0.15, 0.2) is 0 Å². The fourth-order valence-electron chi connectivity index (χ4n) is 2.25. The second-order valence-electron chi connectivity index (χ2n) is 4.26. The predicted molar refractivity (Wildman–Crippen MR) is 78.6 cm³/mol. The summed E-state index contributed by atoms with van der Waals surface area (Å²) < 4.78 is 1.80. The van der Waals surface area contributed by atoms with Gasteiger partial charge in [-0.3, -0.25) is 4.79 Å². The largest absolute Gasteiger partial charge is 0.322 e. The molecule has 0 radical (unpaired) electrons. The molecule has 0 aromatic carbocycles. The van der Waals surface area contributed by atoms with Gasteiger partial charge in [-0.15, -0.1) is 11.3 Å². The third-order valence-electron chi connectivity index (χ3n) is 3.12. The van der Waals surface area contributed by atoms with E-state index in [4.69, 9.17) is 5.26 Å². The van der Waals surface area contributed by atoms with Gasteiger partial charge in [0, 0.05) is 10.5 Å². The molecule has 0 N–H and O–H groups in total. The molecule has 1 fully saturated rings. The van der Waals surface area contributed by atoms with Gasteiger partial charge in [0.2, 0.25) is 0 Å². The Bertz CT molecular complexity index is 469.